The van der Waals surface area contributed by atoms with Crippen molar-refractivity contribution in [3.8, 4) is 0 Å². The molecule has 1 amide bonds. The number of benzene rings is 1. The number of likely N-dealkylation sites (tertiary alicyclic amines) is 1. The third-order valence-electron chi connectivity index (χ3n) is 3.18. The van der Waals surface area contributed by atoms with Crippen molar-refractivity contribution in [3.63, 3.8) is 0 Å². The first-order valence-electron chi connectivity index (χ1n) is 5.81. The monoisotopic (exact) mass is 299 g/mol. The summed E-state index contributed by atoms with van der Waals surface area (Å²) in [5, 5.41) is 0. The summed E-state index contributed by atoms with van der Waals surface area (Å²) in [5.74, 6) is 0.225. The Morgan fingerprint density at radius 3 is 2.59 bits per heavy atom. The summed E-state index contributed by atoms with van der Waals surface area (Å²) in [6.45, 7) is 3.74. The molecular formula is C13H15BrFNO. The van der Waals surface area contributed by atoms with E-state index < -0.39 is 0 Å². The average molecular weight is 300 g/mol. The molecular weight excluding hydrogens is 285 g/mol. The van der Waals surface area contributed by atoms with E-state index in [2.05, 4.69) is 22.9 Å². The normalized spacial score (nSPS) is 17.2. The van der Waals surface area contributed by atoms with Crippen LogP contribution in [0, 0.1) is 11.7 Å². The summed E-state index contributed by atoms with van der Waals surface area (Å²) in [4.78, 5) is 14.0. The molecule has 2 nitrogen and oxygen atoms in total. The van der Waals surface area contributed by atoms with Gasteiger partial charge >= 0.3 is 0 Å². The van der Waals surface area contributed by atoms with Gasteiger partial charge in [-0.3, -0.25) is 4.79 Å². The summed E-state index contributed by atoms with van der Waals surface area (Å²) in [5.41, 5.74) is 0.423. The number of carbonyl (C=O) groups is 1. The summed E-state index contributed by atoms with van der Waals surface area (Å²) in [6.07, 6.45) is 2.06. The quantitative estimate of drug-likeness (QED) is 0.778. The van der Waals surface area contributed by atoms with E-state index in [1.807, 2.05) is 0 Å². The van der Waals surface area contributed by atoms with Gasteiger partial charge in [0.25, 0.3) is 5.91 Å². The van der Waals surface area contributed by atoms with E-state index in [-0.39, 0.29) is 11.7 Å². The van der Waals surface area contributed by atoms with Gasteiger partial charge in [0, 0.05) is 23.1 Å². The lowest BCUT2D eigenvalue weighted by molar-refractivity contribution is 0.0696. The zero-order chi connectivity index (χ0) is 12.4. The van der Waals surface area contributed by atoms with Gasteiger partial charge in [-0.25, -0.2) is 4.39 Å². The van der Waals surface area contributed by atoms with Crippen LogP contribution < -0.4 is 0 Å². The lowest BCUT2D eigenvalue weighted by Crippen LogP contribution is -2.37. The molecule has 1 saturated heterocycles. The molecule has 1 heterocycles. The molecule has 1 aromatic rings. The zero-order valence-electron chi connectivity index (χ0n) is 9.75. The predicted octanol–water partition coefficient (Wildman–Crippen LogP) is 3.46. The first-order valence-corrected chi connectivity index (χ1v) is 6.61. The molecule has 1 aromatic carbocycles. The molecule has 2 rings (SSSR count). The van der Waals surface area contributed by atoms with Crippen LogP contribution in [0.4, 0.5) is 4.39 Å². The number of halogens is 2. The van der Waals surface area contributed by atoms with Crippen molar-refractivity contribution in [3.05, 3.63) is 34.1 Å². The molecule has 0 saturated carbocycles. The van der Waals surface area contributed by atoms with Gasteiger partial charge in [0.15, 0.2) is 0 Å². The van der Waals surface area contributed by atoms with Gasteiger partial charge in [-0.05, 0) is 37.0 Å². The maximum atomic E-state index is 13.2. The van der Waals surface area contributed by atoms with Crippen LogP contribution in [-0.4, -0.2) is 23.9 Å². The maximum absolute atomic E-state index is 13.2. The molecule has 0 atom stereocenters. The van der Waals surface area contributed by atoms with Crippen LogP contribution in [0.15, 0.2) is 22.7 Å². The van der Waals surface area contributed by atoms with Crippen LogP contribution in [-0.2, 0) is 0 Å². The Morgan fingerprint density at radius 1 is 1.35 bits per heavy atom. The van der Waals surface area contributed by atoms with Crippen molar-refractivity contribution in [2.75, 3.05) is 13.1 Å². The smallest absolute Gasteiger partial charge is 0.253 e. The van der Waals surface area contributed by atoms with E-state index in [0.717, 1.165) is 25.9 Å². The first-order chi connectivity index (χ1) is 8.06. The van der Waals surface area contributed by atoms with Crippen LogP contribution >= 0.6 is 15.9 Å². The van der Waals surface area contributed by atoms with Crippen molar-refractivity contribution in [1.29, 1.82) is 0 Å². The lowest BCUT2D eigenvalue weighted by Gasteiger charge is -2.30. The van der Waals surface area contributed by atoms with Gasteiger partial charge in [0.1, 0.15) is 5.82 Å². The number of carbonyl (C=O) groups excluding carboxylic acids is 1. The second-order valence-electron chi connectivity index (χ2n) is 4.63. The van der Waals surface area contributed by atoms with Gasteiger partial charge in [0.2, 0.25) is 0 Å². The van der Waals surface area contributed by atoms with Gasteiger partial charge in [0.05, 0.1) is 0 Å². The molecule has 17 heavy (non-hydrogen) atoms. The highest BCUT2D eigenvalue weighted by Gasteiger charge is 2.21. The number of amides is 1. The highest BCUT2D eigenvalue weighted by atomic mass is 79.9. The minimum Gasteiger partial charge on any atom is -0.339 e. The summed E-state index contributed by atoms with van der Waals surface area (Å²) in [6, 6.07) is 4.32. The zero-order valence-corrected chi connectivity index (χ0v) is 11.3. The lowest BCUT2D eigenvalue weighted by atomic mass is 9.98. The number of rotatable bonds is 1. The van der Waals surface area contributed by atoms with E-state index in [4.69, 9.17) is 0 Å². The van der Waals surface area contributed by atoms with E-state index in [1.54, 1.807) is 11.0 Å². The fourth-order valence-corrected chi connectivity index (χ4v) is 2.54. The maximum Gasteiger partial charge on any atom is 0.253 e. The first kappa shape index (κ1) is 12.6. The molecule has 1 fully saturated rings. The van der Waals surface area contributed by atoms with Gasteiger partial charge in [-0.1, -0.05) is 22.9 Å². The average Bonchev–Trinajstić information content (AvgIpc) is 2.28. The number of hydrogen-bond acceptors (Lipinski definition) is 1. The summed E-state index contributed by atoms with van der Waals surface area (Å²) in [7, 11) is 0. The Morgan fingerprint density at radius 2 is 2.00 bits per heavy atom. The molecule has 0 unspecified atom stereocenters. The van der Waals surface area contributed by atoms with E-state index in [9.17, 15) is 9.18 Å². The van der Waals surface area contributed by atoms with Gasteiger partial charge in [-0.15, -0.1) is 0 Å². The third-order valence-corrected chi connectivity index (χ3v) is 3.64. The second kappa shape index (κ2) is 5.17. The van der Waals surface area contributed by atoms with Crippen LogP contribution in [0.2, 0.25) is 0 Å². The number of nitrogens with zero attached hydrogens (tertiary/aromatic N) is 1. The van der Waals surface area contributed by atoms with E-state index in [1.165, 1.54) is 12.1 Å². The molecule has 0 bridgehead atoms. The van der Waals surface area contributed by atoms with Crippen molar-refractivity contribution < 1.29 is 9.18 Å². The molecule has 92 valence electrons. The molecule has 1 aliphatic rings. The highest BCUT2D eigenvalue weighted by Crippen LogP contribution is 2.20. The van der Waals surface area contributed by atoms with E-state index in [0.29, 0.717) is 16.0 Å². The highest BCUT2D eigenvalue weighted by molar-refractivity contribution is 9.10. The SMILES string of the molecule is CC1CCN(C(=O)c2cc(F)cc(Br)c2)CC1. The topological polar surface area (TPSA) is 20.3 Å². The molecule has 0 spiro atoms. The minimum atomic E-state index is -0.381. The molecule has 0 N–H and O–H groups in total. The minimum absolute atomic E-state index is 0.0721. The van der Waals surface area contributed by atoms with Crippen LogP contribution in [0.3, 0.4) is 0 Å². The Hall–Kier alpha value is -0.900. The van der Waals surface area contributed by atoms with Gasteiger partial charge in [-0.2, -0.15) is 0 Å². The Kier molecular flexibility index (Phi) is 3.82. The Labute approximate surface area is 109 Å². The van der Waals surface area contributed by atoms with Crippen molar-refractivity contribution >= 4 is 21.8 Å². The second-order valence-corrected chi connectivity index (χ2v) is 5.55. The summed E-state index contributed by atoms with van der Waals surface area (Å²) >= 11 is 3.20. The fraction of sp³-hybridized carbons (Fsp3) is 0.462. The van der Waals surface area contributed by atoms with Crippen molar-refractivity contribution in [1.82, 2.24) is 4.90 Å². The van der Waals surface area contributed by atoms with Crippen molar-refractivity contribution in [2.24, 2.45) is 5.92 Å². The third kappa shape index (κ3) is 3.06. The molecule has 1 aliphatic heterocycles. The van der Waals surface area contributed by atoms with Crippen LogP contribution in [0.1, 0.15) is 30.1 Å². The van der Waals surface area contributed by atoms with E-state index >= 15 is 0 Å². The molecule has 0 aliphatic carbocycles. The van der Waals surface area contributed by atoms with Crippen LogP contribution in [0.25, 0.3) is 0 Å². The predicted molar refractivity (Wildman–Crippen MR) is 68.4 cm³/mol. The standard InChI is InChI=1S/C13H15BrFNO/c1-9-2-4-16(5-3-9)13(17)10-6-11(14)8-12(15)7-10/h6-9H,2-5H2,1H3. The largest absolute Gasteiger partial charge is 0.339 e. The molecule has 0 radical (unpaired) electrons. The molecule has 4 heteroatoms. The van der Waals surface area contributed by atoms with Crippen LogP contribution in [0.5, 0.6) is 0 Å². The Bertz CT molecular complexity index is 407. The van der Waals surface area contributed by atoms with Crippen molar-refractivity contribution in [2.45, 2.75) is 19.8 Å². The number of hydrogen-bond donors (Lipinski definition) is 0. The fourth-order valence-electron chi connectivity index (χ4n) is 2.07. The van der Waals surface area contributed by atoms with Gasteiger partial charge < -0.3 is 4.90 Å². The summed E-state index contributed by atoms with van der Waals surface area (Å²) < 4.78 is 13.8. The molecule has 0 aromatic heterocycles. The number of piperidine rings is 1. The Balaban J connectivity index is 2.14.